The molecule has 0 aliphatic carbocycles. The van der Waals surface area contributed by atoms with Gasteiger partial charge in [-0.2, -0.15) is 0 Å². The zero-order valence-electron chi connectivity index (χ0n) is 15.2. The number of aromatic nitrogens is 3. The van der Waals surface area contributed by atoms with Crippen LogP contribution in [0.2, 0.25) is 0 Å². The summed E-state index contributed by atoms with van der Waals surface area (Å²) in [5, 5.41) is 3.76. The zero-order chi connectivity index (χ0) is 20.4. The predicted molar refractivity (Wildman–Crippen MR) is 107 cm³/mol. The van der Waals surface area contributed by atoms with Crippen molar-refractivity contribution in [3.8, 4) is 0 Å². The van der Waals surface area contributed by atoms with E-state index in [0.717, 1.165) is 21.1 Å². The van der Waals surface area contributed by atoms with Crippen LogP contribution >= 0.6 is 0 Å². The number of amides is 2. The molecule has 9 nitrogen and oxygen atoms in total. The van der Waals surface area contributed by atoms with Gasteiger partial charge in [-0.3, -0.25) is 35.1 Å². The maximum atomic E-state index is 12.4. The number of benzene rings is 2. The van der Waals surface area contributed by atoms with E-state index in [-0.39, 0.29) is 17.2 Å². The molecule has 0 aliphatic heterocycles. The van der Waals surface area contributed by atoms with Crippen molar-refractivity contribution in [1.29, 1.82) is 0 Å². The molecule has 0 bridgehead atoms. The highest BCUT2D eigenvalue weighted by molar-refractivity contribution is 5.89. The molecule has 0 unspecified atom stereocenters. The largest absolute Gasteiger partial charge is 0.361 e. The molecule has 0 saturated heterocycles. The molecule has 0 radical (unpaired) electrons. The van der Waals surface area contributed by atoms with E-state index in [2.05, 4.69) is 20.9 Å². The van der Waals surface area contributed by atoms with Crippen LogP contribution in [0, 0.1) is 0 Å². The Morgan fingerprint density at radius 1 is 0.862 bits per heavy atom. The first-order chi connectivity index (χ1) is 14.0. The first-order valence-corrected chi connectivity index (χ1v) is 8.87. The summed E-state index contributed by atoms with van der Waals surface area (Å²) in [6.07, 6.45) is 1.81. The monoisotopic (exact) mass is 391 g/mol. The summed E-state index contributed by atoms with van der Waals surface area (Å²) in [7, 11) is 0. The molecular formula is C20H17N5O4. The topological polar surface area (TPSA) is 129 Å². The van der Waals surface area contributed by atoms with Crippen LogP contribution in [0.15, 0.2) is 64.3 Å². The lowest BCUT2D eigenvalue weighted by molar-refractivity contribution is -0.129. The van der Waals surface area contributed by atoms with Crippen molar-refractivity contribution in [2.24, 2.45) is 0 Å². The predicted octanol–water partition coefficient (Wildman–Crippen LogP) is 0.561. The highest BCUT2D eigenvalue weighted by atomic mass is 16.2. The lowest BCUT2D eigenvalue weighted by Crippen LogP contribution is -2.45. The van der Waals surface area contributed by atoms with Gasteiger partial charge in [0.2, 0.25) is 5.91 Å². The van der Waals surface area contributed by atoms with Crippen LogP contribution in [0.5, 0.6) is 0 Å². The van der Waals surface area contributed by atoms with E-state index in [1.54, 1.807) is 18.3 Å². The van der Waals surface area contributed by atoms with E-state index in [1.165, 1.54) is 12.1 Å². The fourth-order valence-corrected chi connectivity index (χ4v) is 3.18. The van der Waals surface area contributed by atoms with E-state index in [1.807, 2.05) is 24.3 Å². The number of hydrazine groups is 1. The molecule has 146 valence electrons. The van der Waals surface area contributed by atoms with E-state index in [9.17, 15) is 19.2 Å². The van der Waals surface area contributed by atoms with Crippen LogP contribution in [0.4, 0.5) is 0 Å². The van der Waals surface area contributed by atoms with Crippen LogP contribution in [-0.2, 0) is 22.6 Å². The second-order valence-electron chi connectivity index (χ2n) is 6.51. The van der Waals surface area contributed by atoms with E-state index >= 15 is 0 Å². The molecule has 0 saturated carbocycles. The van der Waals surface area contributed by atoms with Crippen LogP contribution in [0.25, 0.3) is 21.7 Å². The van der Waals surface area contributed by atoms with Gasteiger partial charge in [-0.05, 0) is 23.8 Å². The summed E-state index contributed by atoms with van der Waals surface area (Å²) in [4.78, 5) is 51.8. The minimum atomic E-state index is -0.648. The van der Waals surface area contributed by atoms with Crippen molar-refractivity contribution in [3.63, 3.8) is 0 Å². The third-order valence-electron chi connectivity index (χ3n) is 4.55. The number of nitrogens with one attached hydrogen (secondary N) is 4. The Kier molecular flexibility index (Phi) is 4.70. The third-order valence-corrected chi connectivity index (χ3v) is 4.55. The van der Waals surface area contributed by atoms with Gasteiger partial charge in [0.1, 0.15) is 6.54 Å². The molecule has 2 aromatic heterocycles. The van der Waals surface area contributed by atoms with Gasteiger partial charge < -0.3 is 4.98 Å². The second-order valence-corrected chi connectivity index (χ2v) is 6.51. The van der Waals surface area contributed by atoms with Gasteiger partial charge in [-0.25, -0.2) is 4.68 Å². The van der Waals surface area contributed by atoms with Crippen molar-refractivity contribution in [3.05, 3.63) is 81.0 Å². The number of nitrogens with zero attached hydrogens (tertiary/aromatic N) is 1. The average molecular weight is 391 g/mol. The maximum Gasteiger partial charge on any atom is 0.273 e. The number of hydrogen-bond acceptors (Lipinski definition) is 4. The second kappa shape index (κ2) is 7.47. The average Bonchev–Trinajstić information content (AvgIpc) is 3.13. The van der Waals surface area contributed by atoms with Crippen molar-refractivity contribution in [2.45, 2.75) is 13.0 Å². The Hall–Kier alpha value is -4.14. The van der Waals surface area contributed by atoms with Gasteiger partial charge in [0, 0.05) is 17.1 Å². The number of para-hydroxylation sites is 1. The molecule has 0 spiro atoms. The smallest absolute Gasteiger partial charge is 0.273 e. The summed E-state index contributed by atoms with van der Waals surface area (Å²) in [5.74, 6) is -1.06. The molecular weight excluding hydrogens is 374 g/mol. The fourth-order valence-electron chi connectivity index (χ4n) is 3.18. The number of carbonyl (C=O) groups excluding carboxylic acids is 2. The number of carbonyl (C=O) groups is 2. The van der Waals surface area contributed by atoms with E-state index < -0.39 is 29.5 Å². The molecule has 29 heavy (non-hydrogen) atoms. The van der Waals surface area contributed by atoms with Crippen LogP contribution in [0.1, 0.15) is 5.56 Å². The summed E-state index contributed by atoms with van der Waals surface area (Å²) in [5.41, 5.74) is 5.31. The van der Waals surface area contributed by atoms with Crippen molar-refractivity contribution >= 4 is 33.5 Å². The first kappa shape index (κ1) is 18.2. The van der Waals surface area contributed by atoms with Gasteiger partial charge >= 0.3 is 0 Å². The highest BCUT2D eigenvalue weighted by Gasteiger charge is 2.12. The minimum Gasteiger partial charge on any atom is -0.361 e. The van der Waals surface area contributed by atoms with E-state index in [0.29, 0.717) is 0 Å². The number of fused-ring (bicyclic) bond motifs is 2. The summed E-state index contributed by atoms with van der Waals surface area (Å²) in [6, 6.07) is 13.9. The highest BCUT2D eigenvalue weighted by Crippen LogP contribution is 2.17. The van der Waals surface area contributed by atoms with Crippen molar-refractivity contribution in [2.75, 3.05) is 0 Å². The normalized spacial score (nSPS) is 10.9. The SMILES string of the molecule is O=C(Cc1c[nH]c2ccccc12)NNC(=O)Cn1[nH]c(=O)c2ccccc2c1=O. The summed E-state index contributed by atoms with van der Waals surface area (Å²) in [6.45, 7) is -0.438. The Balaban J connectivity index is 1.41. The molecule has 4 rings (SSSR count). The standard InChI is InChI=1S/C20H17N5O4/c26-17(9-12-10-21-16-8-4-3-5-13(12)16)22-23-18(27)11-25-20(29)15-7-2-1-6-14(15)19(28)24-25/h1-8,10,21H,9,11H2,(H,22,26)(H,23,27)(H,24,28). The molecule has 9 heteroatoms. The summed E-state index contributed by atoms with van der Waals surface area (Å²) >= 11 is 0. The van der Waals surface area contributed by atoms with Crippen LogP contribution in [0.3, 0.4) is 0 Å². The molecule has 2 aromatic carbocycles. The molecule has 4 aromatic rings. The Labute approximate surface area is 163 Å². The van der Waals surface area contributed by atoms with Gasteiger partial charge in [0.25, 0.3) is 17.0 Å². The minimum absolute atomic E-state index is 0.0665. The summed E-state index contributed by atoms with van der Waals surface area (Å²) < 4.78 is 0.909. The Morgan fingerprint density at radius 3 is 2.31 bits per heavy atom. The van der Waals surface area contributed by atoms with Gasteiger partial charge in [0.05, 0.1) is 17.2 Å². The van der Waals surface area contributed by atoms with Crippen molar-refractivity contribution in [1.82, 2.24) is 25.6 Å². The number of H-pyrrole nitrogens is 2. The number of hydrogen-bond donors (Lipinski definition) is 4. The lowest BCUT2D eigenvalue weighted by atomic mass is 10.1. The maximum absolute atomic E-state index is 12.4. The van der Waals surface area contributed by atoms with E-state index in [4.69, 9.17) is 0 Å². The Morgan fingerprint density at radius 2 is 1.52 bits per heavy atom. The molecule has 2 heterocycles. The first-order valence-electron chi connectivity index (χ1n) is 8.87. The van der Waals surface area contributed by atoms with Crippen LogP contribution in [-0.4, -0.2) is 26.6 Å². The van der Waals surface area contributed by atoms with Gasteiger partial charge in [-0.1, -0.05) is 30.3 Å². The van der Waals surface area contributed by atoms with Crippen molar-refractivity contribution < 1.29 is 9.59 Å². The Bertz CT molecular complexity index is 1350. The van der Waals surface area contributed by atoms with Gasteiger partial charge in [0.15, 0.2) is 0 Å². The van der Waals surface area contributed by atoms with Gasteiger partial charge in [-0.15, -0.1) is 0 Å². The van der Waals surface area contributed by atoms with Crippen LogP contribution < -0.4 is 22.0 Å². The third kappa shape index (κ3) is 3.65. The fraction of sp³-hybridized carbons (Fsp3) is 0.100. The molecule has 0 fully saturated rings. The molecule has 2 amide bonds. The zero-order valence-corrected chi connectivity index (χ0v) is 15.2. The number of aromatic amines is 2. The number of rotatable bonds is 4. The molecule has 0 aliphatic rings. The lowest BCUT2D eigenvalue weighted by Gasteiger charge is -2.09. The quantitative estimate of drug-likeness (QED) is 0.379. The molecule has 4 N–H and O–H groups in total. The molecule has 0 atom stereocenters.